The molecule has 2 aliphatic heterocycles. The number of carbonyl (C=O) groups excluding carboxylic acids is 1. The molecule has 7 rings (SSSR count). The molecule has 11 nitrogen and oxygen atoms in total. The highest BCUT2D eigenvalue weighted by molar-refractivity contribution is 6.31. The summed E-state index contributed by atoms with van der Waals surface area (Å²) in [6.07, 6.45) is 3.35. The second-order valence-electron chi connectivity index (χ2n) is 13.3. The van der Waals surface area contributed by atoms with E-state index >= 15 is 0 Å². The lowest BCUT2D eigenvalue weighted by molar-refractivity contribution is -0.0466. The molecule has 3 fully saturated rings. The van der Waals surface area contributed by atoms with Gasteiger partial charge < -0.3 is 19.8 Å². The minimum absolute atomic E-state index is 0.0465. The zero-order valence-corrected chi connectivity index (χ0v) is 27.2. The topological polar surface area (TPSA) is 130 Å². The van der Waals surface area contributed by atoms with Crippen molar-refractivity contribution >= 4 is 34.6 Å². The number of hydrogen-bond acceptors (Lipinski definition) is 6. The summed E-state index contributed by atoms with van der Waals surface area (Å²) in [5, 5.41) is 21.9. The zero-order valence-electron chi connectivity index (χ0n) is 26.4. The minimum atomic E-state index is -1.17. The molecule has 0 unspecified atom stereocenters. The van der Waals surface area contributed by atoms with Crippen LogP contribution in [0.3, 0.4) is 0 Å². The summed E-state index contributed by atoms with van der Waals surface area (Å²) in [5.74, 6) is 0.584. The van der Waals surface area contributed by atoms with Crippen LogP contribution in [-0.2, 0) is 11.3 Å². The van der Waals surface area contributed by atoms with Gasteiger partial charge in [-0.25, -0.2) is 9.78 Å². The molecule has 246 valence electrons. The van der Waals surface area contributed by atoms with Crippen LogP contribution in [0.1, 0.15) is 71.6 Å². The zero-order chi connectivity index (χ0) is 33.0. The molecular weight excluding hydrogens is 622 g/mol. The second kappa shape index (κ2) is 12.1. The van der Waals surface area contributed by atoms with Gasteiger partial charge in [-0.05, 0) is 92.5 Å². The number of halogens is 1. The van der Waals surface area contributed by atoms with Gasteiger partial charge in [-0.3, -0.25) is 23.6 Å². The SMILES string of the molecule is Cc1cc(-n2c(Cl)cc3c(=O)n(CC4(O)CCN(C(=O)c5ccc(C6CC6)cc5)CC4)cnc32)ccc1[C@H]1CO[C@H](C)CN1C(=O)O. The molecule has 2 aromatic heterocycles. The number of fused-ring (bicyclic) bond motifs is 1. The molecule has 0 bridgehead atoms. The van der Waals surface area contributed by atoms with Gasteiger partial charge in [0, 0.05) is 24.3 Å². The van der Waals surface area contributed by atoms with Gasteiger partial charge in [0.2, 0.25) is 0 Å². The number of rotatable bonds is 6. The number of amides is 2. The van der Waals surface area contributed by atoms with E-state index in [2.05, 4.69) is 4.98 Å². The summed E-state index contributed by atoms with van der Waals surface area (Å²) in [7, 11) is 0. The van der Waals surface area contributed by atoms with Gasteiger partial charge in [0.15, 0.2) is 5.65 Å². The molecule has 47 heavy (non-hydrogen) atoms. The van der Waals surface area contributed by atoms with Crippen LogP contribution in [0.4, 0.5) is 4.79 Å². The Labute approximate surface area is 276 Å². The van der Waals surface area contributed by atoms with Crippen molar-refractivity contribution in [3.8, 4) is 5.69 Å². The quantitative estimate of drug-likeness (QED) is 0.293. The molecule has 1 saturated carbocycles. The summed E-state index contributed by atoms with van der Waals surface area (Å²) in [6, 6.07) is 14.6. The Bertz CT molecular complexity index is 1910. The molecule has 3 aliphatic rings. The van der Waals surface area contributed by atoms with Gasteiger partial charge in [-0.15, -0.1) is 0 Å². The van der Waals surface area contributed by atoms with E-state index in [1.165, 1.54) is 34.2 Å². The van der Waals surface area contributed by atoms with E-state index in [0.29, 0.717) is 59.3 Å². The van der Waals surface area contributed by atoms with Crippen LogP contribution in [0.2, 0.25) is 5.15 Å². The van der Waals surface area contributed by atoms with E-state index in [1.54, 1.807) is 15.5 Å². The largest absolute Gasteiger partial charge is 0.465 e. The van der Waals surface area contributed by atoms with E-state index < -0.39 is 17.7 Å². The summed E-state index contributed by atoms with van der Waals surface area (Å²) < 4.78 is 8.87. The first kappa shape index (κ1) is 31.4. The first-order valence-corrected chi connectivity index (χ1v) is 16.5. The highest BCUT2D eigenvalue weighted by Gasteiger charge is 2.36. The number of carboxylic acid groups (broad SMARTS) is 1. The maximum atomic E-state index is 13.6. The number of carbonyl (C=O) groups is 2. The van der Waals surface area contributed by atoms with Crippen LogP contribution in [0.25, 0.3) is 16.7 Å². The fourth-order valence-electron chi connectivity index (χ4n) is 6.99. The number of morpholine rings is 1. The summed E-state index contributed by atoms with van der Waals surface area (Å²) in [5.41, 5.74) is 3.18. The number of ether oxygens (including phenoxy) is 1. The molecule has 2 N–H and O–H groups in total. The summed E-state index contributed by atoms with van der Waals surface area (Å²) in [6.45, 7) is 5.12. The van der Waals surface area contributed by atoms with E-state index in [0.717, 1.165) is 11.1 Å². The number of hydrogen-bond donors (Lipinski definition) is 2. The fourth-order valence-corrected chi connectivity index (χ4v) is 7.27. The number of aliphatic hydroxyl groups is 1. The van der Waals surface area contributed by atoms with Gasteiger partial charge in [-0.1, -0.05) is 29.8 Å². The molecule has 4 aromatic rings. The van der Waals surface area contributed by atoms with Crippen molar-refractivity contribution in [1.82, 2.24) is 23.9 Å². The second-order valence-corrected chi connectivity index (χ2v) is 13.7. The van der Waals surface area contributed by atoms with Crippen LogP contribution >= 0.6 is 11.6 Å². The fraction of sp³-hybridized carbons (Fsp3) is 0.429. The van der Waals surface area contributed by atoms with Crippen molar-refractivity contribution in [2.45, 2.75) is 69.7 Å². The number of benzene rings is 2. The first-order valence-electron chi connectivity index (χ1n) is 16.1. The molecule has 4 heterocycles. The highest BCUT2D eigenvalue weighted by Crippen LogP contribution is 2.40. The Morgan fingerprint density at radius 2 is 1.81 bits per heavy atom. The lowest BCUT2D eigenvalue weighted by atomic mass is 9.90. The number of aromatic nitrogens is 3. The molecule has 0 spiro atoms. The predicted molar refractivity (Wildman–Crippen MR) is 176 cm³/mol. The molecule has 2 aromatic carbocycles. The van der Waals surface area contributed by atoms with E-state index in [4.69, 9.17) is 16.3 Å². The smallest absolute Gasteiger partial charge is 0.407 e. The van der Waals surface area contributed by atoms with Crippen molar-refractivity contribution in [1.29, 1.82) is 0 Å². The van der Waals surface area contributed by atoms with E-state index in [1.807, 2.05) is 56.3 Å². The number of aryl methyl sites for hydroxylation is 1. The van der Waals surface area contributed by atoms with Crippen molar-refractivity contribution in [2.75, 3.05) is 26.2 Å². The molecule has 0 radical (unpaired) electrons. The highest BCUT2D eigenvalue weighted by atomic mass is 35.5. The standard InChI is InChI=1S/C35H38ClN5O6/c1-21-15-26(9-10-27(21)29-18-47-22(2)17-40(29)34(44)45)41-30(36)16-28-31(41)37-20-39(33(28)43)19-35(46)11-13-38(14-12-35)32(42)25-7-5-24(6-8-25)23-3-4-23/h5-10,15-16,20,22-23,29,46H,3-4,11-14,17-19H2,1-2H3,(H,44,45)/t22-,29-/m1/s1. The molecule has 2 saturated heterocycles. The average molecular weight is 660 g/mol. The Morgan fingerprint density at radius 1 is 1.09 bits per heavy atom. The summed E-state index contributed by atoms with van der Waals surface area (Å²) >= 11 is 6.67. The van der Waals surface area contributed by atoms with Gasteiger partial charge >= 0.3 is 6.09 Å². The van der Waals surface area contributed by atoms with E-state index in [9.17, 15) is 24.6 Å². The van der Waals surface area contributed by atoms with Gasteiger partial charge in [0.25, 0.3) is 11.5 Å². The van der Waals surface area contributed by atoms with Gasteiger partial charge in [0.05, 0.1) is 42.8 Å². The lowest BCUT2D eigenvalue weighted by Crippen LogP contribution is -2.49. The van der Waals surface area contributed by atoms with Gasteiger partial charge in [0.1, 0.15) is 11.5 Å². The molecule has 12 heteroatoms. The van der Waals surface area contributed by atoms with Crippen LogP contribution < -0.4 is 5.56 Å². The van der Waals surface area contributed by atoms with Crippen molar-refractivity contribution in [2.24, 2.45) is 0 Å². The first-order chi connectivity index (χ1) is 22.5. The summed E-state index contributed by atoms with van der Waals surface area (Å²) in [4.78, 5) is 46.5. The van der Waals surface area contributed by atoms with Gasteiger partial charge in [-0.2, -0.15) is 0 Å². The van der Waals surface area contributed by atoms with Crippen LogP contribution in [0.5, 0.6) is 0 Å². The number of likely N-dealkylation sites (tertiary alicyclic amines) is 1. The molecule has 1 aliphatic carbocycles. The van der Waals surface area contributed by atoms with Crippen molar-refractivity contribution in [3.63, 3.8) is 0 Å². The minimum Gasteiger partial charge on any atom is -0.465 e. The van der Waals surface area contributed by atoms with Crippen LogP contribution in [0, 0.1) is 6.92 Å². The average Bonchev–Trinajstić information content (AvgIpc) is 3.85. The monoisotopic (exact) mass is 659 g/mol. The third-order valence-corrected chi connectivity index (χ3v) is 10.2. The Morgan fingerprint density at radius 3 is 2.47 bits per heavy atom. The molecule has 2 amide bonds. The molecular formula is C35H38ClN5O6. The third kappa shape index (κ3) is 6.03. The number of piperidine rings is 1. The lowest BCUT2D eigenvalue weighted by Gasteiger charge is -2.38. The maximum Gasteiger partial charge on any atom is 0.407 e. The van der Waals surface area contributed by atoms with Crippen molar-refractivity contribution < 1.29 is 24.5 Å². The Hall–Kier alpha value is -4.19. The van der Waals surface area contributed by atoms with E-state index in [-0.39, 0.29) is 37.3 Å². The third-order valence-electron chi connectivity index (χ3n) is 9.88. The predicted octanol–water partition coefficient (Wildman–Crippen LogP) is 5.13. The van der Waals surface area contributed by atoms with Crippen molar-refractivity contribution in [3.05, 3.63) is 92.6 Å². The molecule has 2 atom stereocenters. The number of nitrogens with zero attached hydrogens (tertiary/aromatic N) is 5. The Kier molecular flexibility index (Phi) is 8.10. The van der Waals surface area contributed by atoms with Crippen LogP contribution in [0.15, 0.2) is 59.7 Å². The van der Waals surface area contributed by atoms with Crippen LogP contribution in [-0.4, -0.2) is 84.1 Å². The normalized spacial score (nSPS) is 21.3. The Balaban J connectivity index is 1.07. The maximum absolute atomic E-state index is 13.6.